The number of benzene rings is 1. The van der Waals surface area contributed by atoms with Crippen molar-refractivity contribution in [2.24, 2.45) is 0 Å². The molecule has 0 radical (unpaired) electrons. The molecule has 0 bridgehead atoms. The molecule has 0 N–H and O–H groups in total. The van der Waals surface area contributed by atoms with Gasteiger partial charge in [0.25, 0.3) is 0 Å². The molecule has 1 aromatic heterocycles. The number of rotatable bonds is 11. The average Bonchev–Trinajstić information content (AvgIpc) is 2.64. The average molecular weight is 353 g/mol. The van der Waals surface area contributed by atoms with Gasteiger partial charge in [-0.15, -0.1) is 0 Å². The van der Waals surface area contributed by atoms with Crippen LogP contribution in [-0.2, 0) is 12.8 Å². The van der Waals surface area contributed by atoms with E-state index in [0.717, 1.165) is 17.8 Å². The van der Waals surface area contributed by atoms with E-state index in [0.29, 0.717) is 0 Å². The molecule has 26 heavy (non-hydrogen) atoms. The van der Waals surface area contributed by atoms with Gasteiger partial charge in [0, 0.05) is 11.8 Å². The summed E-state index contributed by atoms with van der Waals surface area (Å²) in [6.45, 7) is 8.81. The second kappa shape index (κ2) is 11.1. The molecule has 0 aliphatic rings. The highest BCUT2D eigenvalue weighted by molar-refractivity contribution is 5.65. The topological polar surface area (TPSA) is 25.8 Å². The first-order chi connectivity index (χ1) is 12.7. The first-order valence-corrected chi connectivity index (χ1v) is 10.6. The minimum atomic E-state index is 0.977. The molecule has 0 aliphatic carbocycles. The molecule has 0 fully saturated rings. The van der Waals surface area contributed by atoms with Gasteiger partial charge in [-0.05, 0) is 62.3 Å². The third-order valence-electron chi connectivity index (χ3n) is 5.22. The van der Waals surface area contributed by atoms with Gasteiger partial charge >= 0.3 is 0 Å². The van der Waals surface area contributed by atoms with E-state index in [2.05, 4.69) is 42.9 Å². The third-order valence-corrected chi connectivity index (χ3v) is 5.22. The highest BCUT2D eigenvalue weighted by Crippen LogP contribution is 2.28. The summed E-state index contributed by atoms with van der Waals surface area (Å²) in [6.07, 6.45) is 16.6. The van der Waals surface area contributed by atoms with Crippen molar-refractivity contribution < 1.29 is 0 Å². The van der Waals surface area contributed by atoms with Crippen LogP contribution in [0.4, 0.5) is 0 Å². The molecule has 0 amide bonds. The van der Waals surface area contributed by atoms with Crippen LogP contribution < -0.4 is 0 Å². The Morgan fingerprint density at radius 3 is 1.92 bits per heavy atom. The Bertz CT molecular complexity index is 659. The van der Waals surface area contributed by atoms with Crippen LogP contribution in [0.5, 0.6) is 0 Å². The molecule has 2 rings (SSSR count). The summed E-state index contributed by atoms with van der Waals surface area (Å²) >= 11 is 0. The molecule has 142 valence electrons. The minimum absolute atomic E-state index is 0.977. The summed E-state index contributed by atoms with van der Waals surface area (Å²) < 4.78 is 0. The predicted molar refractivity (Wildman–Crippen MR) is 113 cm³/mol. The van der Waals surface area contributed by atoms with Crippen molar-refractivity contribution in [3.8, 4) is 11.3 Å². The van der Waals surface area contributed by atoms with Crippen molar-refractivity contribution in [3.63, 3.8) is 0 Å². The zero-order valence-electron chi connectivity index (χ0n) is 17.3. The number of nitrogens with zero attached hydrogens (tertiary/aromatic N) is 2. The Labute approximate surface area is 160 Å². The van der Waals surface area contributed by atoms with Gasteiger partial charge in [0.15, 0.2) is 0 Å². The molecule has 2 nitrogen and oxygen atoms in total. The molecule has 0 spiro atoms. The summed E-state index contributed by atoms with van der Waals surface area (Å²) in [5.41, 5.74) is 7.66. The highest BCUT2D eigenvalue weighted by atomic mass is 14.8. The molecule has 0 aliphatic heterocycles. The lowest BCUT2D eigenvalue weighted by atomic mass is 9.91. The maximum atomic E-state index is 4.67. The monoisotopic (exact) mass is 352 g/mol. The lowest BCUT2D eigenvalue weighted by molar-refractivity contribution is 0.662. The summed E-state index contributed by atoms with van der Waals surface area (Å²) in [5.74, 6) is 0. The molecule has 0 unspecified atom stereocenters. The van der Waals surface area contributed by atoms with E-state index >= 15 is 0 Å². The molecule has 0 saturated carbocycles. The third kappa shape index (κ3) is 6.23. The Morgan fingerprint density at radius 1 is 0.692 bits per heavy atom. The van der Waals surface area contributed by atoms with E-state index in [-0.39, 0.29) is 0 Å². The van der Waals surface area contributed by atoms with E-state index < -0.39 is 0 Å². The maximum Gasteiger partial charge on any atom is 0.0888 e. The SMILES string of the molecule is CCCCCCc1cc(-c2cnc(C)cn2)c(CCCCCC)cc1C. The Balaban J connectivity index is 2.24. The fourth-order valence-corrected chi connectivity index (χ4v) is 3.54. The van der Waals surface area contributed by atoms with Gasteiger partial charge < -0.3 is 0 Å². The molecular formula is C24H36N2. The second-order valence-corrected chi connectivity index (χ2v) is 7.60. The molecule has 1 aromatic carbocycles. The van der Waals surface area contributed by atoms with Crippen molar-refractivity contribution in [2.45, 2.75) is 91.9 Å². The molecular weight excluding hydrogens is 316 g/mol. The summed E-state index contributed by atoms with van der Waals surface area (Å²) in [5, 5.41) is 0. The zero-order valence-corrected chi connectivity index (χ0v) is 17.3. The van der Waals surface area contributed by atoms with E-state index in [1.54, 1.807) is 0 Å². The number of unbranched alkanes of at least 4 members (excludes halogenated alkanes) is 6. The fourth-order valence-electron chi connectivity index (χ4n) is 3.54. The van der Waals surface area contributed by atoms with E-state index in [4.69, 9.17) is 0 Å². The Morgan fingerprint density at radius 2 is 1.35 bits per heavy atom. The number of aryl methyl sites for hydroxylation is 4. The van der Waals surface area contributed by atoms with Crippen LogP contribution in [0.15, 0.2) is 24.5 Å². The fraction of sp³-hybridized carbons (Fsp3) is 0.583. The summed E-state index contributed by atoms with van der Waals surface area (Å²) in [6, 6.07) is 4.81. The summed E-state index contributed by atoms with van der Waals surface area (Å²) in [4.78, 5) is 9.15. The van der Waals surface area contributed by atoms with Crippen molar-refractivity contribution in [3.05, 3.63) is 46.9 Å². The van der Waals surface area contributed by atoms with Gasteiger partial charge in [-0.3, -0.25) is 9.97 Å². The van der Waals surface area contributed by atoms with Crippen LogP contribution in [0, 0.1) is 13.8 Å². The van der Waals surface area contributed by atoms with Gasteiger partial charge in [-0.1, -0.05) is 58.4 Å². The zero-order chi connectivity index (χ0) is 18.8. The van der Waals surface area contributed by atoms with Gasteiger partial charge in [-0.2, -0.15) is 0 Å². The number of aromatic nitrogens is 2. The molecule has 2 aromatic rings. The van der Waals surface area contributed by atoms with Crippen LogP contribution in [0.2, 0.25) is 0 Å². The molecule has 0 saturated heterocycles. The lowest BCUT2D eigenvalue weighted by Crippen LogP contribution is -1.99. The Kier molecular flexibility index (Phi) is 8.80. The standard InChI is InChI=1S/C24H36N2/c1-5-7-9-11-13-21-16-23(24-18-25-20(4)17-26-24)22(15-19(21)3)14-12-10-8-6-2/h15-18H,5-14H2,1-4H3. The minimum Gasteiger partial charge on any atom is -0.258 e. The van der Waals surface area contributed by atoms with E-state index in [1.807, 2.05) is 19.3 Å². The normalized spacial score (nSPS) is 11.1. The quantitative estimate of drug-likeness (QED) is 0.407. The predicted octanol–water partition coefficient (Wildman–Crippen LogP) is 7.01. The molecule has 0 atom stereocenters. The first-order valence-electron chi connectivity index (χ1n) is 10.6. The number of hydrogen-bond donors (Lipinski definition) is 0. The highest BCUT2D eigenvalue weighted by Gasteiger charge is 2.11. The van der Waals surface area contributed by atoms with Crippen LogP contribution in [0.3, 0.4) is 0 Å². The summed E-state index contributed by atoms with van der Waals surface area (Å²) in [7, 11) is 0. The Hall–Kier alpha value is -1.70. The van der Waals surface area contributed by atoms with Crippen molar-refractivity contribution in [1.82, 2.24) is 9.97 Å². The second-order valence-electron chi connectivity index (χ2n) is 7.60. The van der Waals surface area contributed by atoms with Gasteiger partial charge in [0.05, 0.1) is 17.6 Å². The van der Waals surface area contributed by atoms with Crippen molar-refractivity contribution >= 4 is 0 Å². The maximum absolute atomic E-state index is 4.67. The van der Waals surface area contributed by atoms with Crippen LogP contribution >= 0.6 is 0 Å². The first kappa shape index (κ1) is 20.6. The van der Waals surface area contributed by atoms with E-state index in [9.17, 15) is 0 Å². The van der Waals surface area contributed by atoms with Crippen molar-refractivity contribution in [1.29, 1.82) is 0 Å². The van der Waals surface area contributed by atoms with E-state index in [1.165, 1.54) is 80.0 Å². The van der Waals surface area contributed by atoms with Crippen LogP contribution in [0.25, 0.3) is 11.3 Å². The van der Waals surface area contributed by atoms with Gasteiger partial charge in [-0.25, -0.2) is 0 Å². The molecule has 1 heterocycles. The smallest absolute Gasteiger partial charge is 0.0888 e. The van der Waals surface area contributed by atoms with Gasteiger partial charge in [0.2, 0.25) is 0 Å². The lowest BCUT2D eigenvalue weighted by Gasteiger charge is -2.15. The van der Waals surface area contributed by atoms with Crippen LogP contribution in [-0.4, -0.2) is 9.97 Å². The van der Waals surface area contributed by atoms with Crippen LogP contribution in [0.1, 0.15) is 87.6 Å². The molecule has 2 heteroatoms. The number of hydrogen-bond acceptors (Lipinski definition) is 2. The largest absolute Gasteiger partial charge is 0.258 e. The van der Waals surface area contributed by atoms with Crippen molar-refractivity contribution in [2.75, 3.05) is 0 Å². The van der Waals surface area contributed by atoms with Gasteiger partial charge in [0.1, 0.15) is 0 Å².